The molecule has 2 fully saturated rings. The summed E-state index contributed by atoms with van der Waals surface area (Å²) in [5.41, 5.74) is 1.66. The lowest BCUT2D eigenvalue weighted by Crippen LogP contribution is -2.19. The van der Waals surface area contributed by atoms with Crippen LogP contribution in [-0.4, -0.2) is 26.5 Å². The Labute approximate surface area is 105 Å². The van der Waals surface area contributed by atoms with Gasteiger partial charge in [-0.1, -0.05) is 0 Å². The molecule has 0 spiro atoms. The van der Waals surface area contributed by atoms with E-state index in [1.165, 1.54) is 25.7 Å². The van der Waals surface area contributed by atoms with E-state index in [1.54, 1.807) is 12.7 Å². The zero-order chi connectivity index (χ0) is 11.9. The molecule has 2 aliphatic rings. The SMILES string of the molecule is c1nc(NCC(C2CC2)C2CC2)c2[nH]cnc2n1. The van der Waals surface area contributed by atoms with Gasteiger partial charge in [0.15, 0.2) is 11.5 Å². The highest BCUT2D eigenvalue weighted by atomic mass is 15.1. The predicted octanol–water partition coefficient (Wildman–Crippen LogP) is 2.20. The van der Waals surface area contributed by atoms with Crippen LogP contribution in [-0.2, 0) is 0 Å². The summed E-state index contributed by atoms with van der Waals surface area (Å²) < 4.78 is 0. The van der Waals surface area contributed by atoms with Crippen molar-refractivity contribution in [3.8, 4) is 0 Å². The van der Waals surface area contributed by atoms with Crippen LogP contribution < -0.4 is 5.32 Å². The number of imidazole rings is 1. The molecule has 0 radical (unpaired) electrons. The molecule has 18 heavy (non-hydrogen) atoms. The van der Waals surface area contributed by atoms with Crippen molar-refractivity contribution in [1.29, 1.82) is 0 Å². The topological polar surface area (TPSA) is 66.5 Å². The minimum absolute atomic E-state index is 0.738. The van der Waals surface area contributed by atoms with Gasteiger partial charge >= 0.3 is 0 Å². The summed E-state index contributed by atoms with van der Waals surface area (Å²) in [6, 6.07) is 0. The number of anilines is 1. The minimum Gasteiger partial charge on any atom is -0.368 e. The summed E-state index contributed by atoms with van der Waals surface area (Å²) in [6.07, 6.45) is 8.94. The first-order chi connectivity index (χ1) is 8.92. The van der Waals surface area contributed by atoms with Gasteiger partial charge in [-0.05, 0) is 43.4 Å². The summed E-state index contributed by atoms with van der Waals surface area (Å²) in [6.45, 7) is 1.04. The Bertz CT molecular complexity index is 543. The van der Waals surface area contributed by atoms with Gasteiger partial charge in [-0.15, -0.1) is 0 Å². The van der Waals surface area contributed by atoms with Gasteiger partial charge in [-0.2, -0.15) is 0 Å². The van der Waals surface area contributed by atoms with Crippen molar-refractivity contribution in [2.45, 2.75) is 25.7 Å². The van der Waals surface area contributed by atoms with Crippen LogP contribution in [0.2, 0.25) is 0 Å². The molecule has 0 saturated heterocycles. The molecule has 94 valence electrons. The number of aromatic amines is 1. The number of nitrogens with zero attached hydrogens (tertiary/aromatic N) is 3. The summed E-state index contributed by atoms with van der Waals surface area (Å²) in [5.74, 6) is 3.66. The van der Waals surface area contributed by atoms with Gasteiger partial charge in [-0.25, -0.2) is 15.0 Å². The average molecular weight is 243 g/mol. The van der Waals surface area contributed by atoms with Crippen LogP contribution in [0.3, 0.4) is 0 Å². The highest BCUT2D eigenvalue weighted by Crippen LogP contribution is 2.49. The molecular formula is C13H17N5. The molecule has 5 nitrogen and oxygen atoms in total. The fraction of sp³-hybridized carbons (Fsp3) is 0.615. The van der Waals surface area contributed by atoms with Crippen LogP contribution in [0, 0.1) is 17.8 Å². The van der Waals surface area contributed by atoms with Crippen LogP contribution in [0.25, 0.3) is 11.2 Å². The van der Waals surface area contributed by atoms with Crippen molar-refractivity contribution in [2.75, 3.05) is 11.9 Å². The molecule has 0 unspecified atom stereocenters. The third-order valence-electron chi connectivity index (χ3n) is 4.18. The lowest BCUT2D eigenvalue weighted by molar-refractivity contribution is 0.428. The maximum atomic E-state index is 4.32. The second-order valence-corrected chi connectivity index (χ2v) is 5.54. The molecule has 0 aromatic carbocycles. The van der Waals surface area contributed by atoms with Gasteiger partial charge in [0.2, 0.25) is 0 Å². The van der Waals surface area contributed by atoms with Crippen LogP contribution in [0.4, 0.5) is 5.82 Å². The van der Waals surface area contributed by atoms with E-state index in [0.717, 1.165) is 41.3 Å². The fourth-order valence-corrected chi connectivity index (χ4v) is 2.88. The first-order valence-electron chi connectivity index (χ1n) is 6.80. The molecule has 2 aliphatic carbocycles. The van der Waals surface area contributed by atoms with Gasteiger partial charge in [-0.3, -0.25) is 0 Å². The molecule has 4 rings (SSSR count). The van der Waals surface area contributed by atoms with Crippen molar-refractivity contribution < 1.29 is 0 Å². The number of nitrogens with one attached hydrogen (secondary N) is 2. The van der Waals surface area contributed by atoms with E-state index < -0.39 is 0 Å². The number of hydrogen-bond donors (Lipinski definition) is 2. The van der Waals surface area contributed by atoms with E-state index in [2.05, 4.69) is 25.3 Å². The second-order valence-electron chi connectivity index (χ2n) is 5.54. The van der Waals surface area contributed by atoms with E-state index in [0.29, 0.717) is 0 Å². The zero-order valence-corrected chi connectivity index (χ0v) is 10.3. The molecule has 2 saturated carbocycles. The number of aromatic nitrogens is 4. The van der Waals surface area contributed by atoms with Crippen LogP contribution in [0.1, 0.15) is 25.7 Å². The zero-order valence-electron chi connectivity index (χ0n) is 10.3. The van der Waals surface area contributed by atoms with Gasteiger partial charge in [0.05, 0.1) is 6.33 Å². The highest BCUT2D eigenvalue weighted by Gasteiger charge is 2.41. The van der Waals surface area contributed by atoms with Crippen molar-refractivity contribution in [2.24, 2.45) is 17.8 Å². The molecule has 5 heteroatoms. The third-order valence-corrected chi connectivity index (χ3v) is 4.18. The van der Waals surface area contributed by atoms with E-state index in [1.807, 2.05) is 0 Å². The largest absolute Gasteiger partial charge is 0.368 e. The maximum absolute atomic E-state index is 4.32. The van der Waals surface area contributed by atoms with E-state index in [-0.39, 0.29) is 0 Å². The summed E-state index contributed by atoms with van der Waals surface area (Å²) >= 11 is 0. The Morgan fingerprint density at radius 3 is 2.67 bits per heavy atom. The van der Waals surface area contributed by atoms with Gasteiger partial charge in [0.1, 0.15) is 11.8 Å². The van der Waals surface area contributed by atoms with Gasteiger partial charge in [0, 0.05) is 6.54 Å². The molecule has 2 aromatic heterocycles. The maximum Gasteiger partial charge on any atom is 0.182 e. The van der Waals surface area contributed by atoms with Crippen LogP contribution in [0.5, 0.6) is 0 Å². The van der Waals surface area contributed by atoms with Gasteiger partial charge < -0.3 is 10.3 Å². The molecule has 0 aliphatic heterocycles. The lowest BCUT2D eigenvalue weighted by atomic mass is 9.98. The summed E-state index contributed by atoms with van der Waals surface area (Å²) in [4.78, 5) is 15.7. The van der Waals surface area contributed by atoms with Crippen LogP contribution in [0.15, 0.2) is 12.7 Å². The first kappa shape index (κ1) is 10.3. The minimum atomic E-state index is 0.738. The quantitative estimate of drug-likeness (QED) is 0.845. The Balaban J connectivity index is 1.51. The Morgan fingerprint density at radius 1 is 1.17 bits per heavy atom. The molecule has 2 N–H and O–H groups in total. The third kappa shape index (κ3) is 1.83. The first-order valence-corrected chi connectivity index (χ1v) is 6.80. The molecular weight excluding hydrogens is 226 g/mol. The number of hydrogen-bond acceptors (Lipinski definition) is 4. The molecule has 0 bridgehead atoms. The summed E-state index contributed by atoms with van der Waals surface area (Å²) in [7, 11) is 0. The monoisotopic (exact) mass is 243 g/mol. The lowest BCUT2D eigenvalue weighted by Gasteiger charge is -2.16. The van der Waals surface area contributed by atoms with Crippen molar-refractivity contribution in [1.82, 2.24) is 19.9 Å². The molecule has 0 atom stereocenters. The van der Waals surface area contributed by atoms with Crippen molar-refractivity contribution in [3.05, 3.63) is 12.7 Å². The smallest absolute Gasteiger partial charge is 0.182 e. The second kappa shape index (κ2) is 3.93. The number of H-pyrrole nitrogens is 1. The highest BCUT2D eigenvalue weighted by molar-refractivity contribution is 5.81. The number of rotatable bonds is 5. The summed E-state index contributed by atoms with van der Waals surface area (Å²) in [5, 5.41) is 3.49. The van der Waals surface area contributed by atoms with E-state index in [4.69, 9.17) is 0 Å². The van der Waals surface area contributed by atoms with E-state index in [9.17, 15) is 0 Å². The molecule has 0 amide bonds. The fourth-order valence-electron chi connectivity index (χ4n) is 2.88. The molecule has 2 heterocycles. The van der Waals surface area contributed by atoms with Crippen LogP contribution >= 0.6 is 0 Å². The number of fused-ring (bicyclic) bond motifs is 1. The predicted molar refractivity (Wildman–Crippen MR) is 69.1 cm³/mol. The standard InChI is InChI=1S/C13H17N5/c1-2-8(1)10(9-3-4-9)5-14-12-11-13(16-6-15-11)18-7-17-12/h6-10H,1-5H2,(H2,14,15,16,17,18). The average Bonchev–Trinajstić information content (AvgIpc) is 3.30. The Morgan fingerprint density at radius 2 is 1.94 bits per heavy atom. The van der Waals surface area contributed by atoms with E-state index >= 15 is 0 Å². The molecule has 2 aromatic rings. The van der Waals surface area contributed by atoms with Gasteiger partial charge in [0.25, 0.3) is 0 Å². The normalized spacial score (nSPS) is 19.6. The van der Waals surface area contributed by atoms with Crippen molar-refractivity contribution >= 4 is 17.0 Å². The Kier molecular flexibility index (Phi) is 2.25. The Hall–Kier alpha value is -1.65. The van der Waals surface area contributed by atoms with Crippen molar-refractivity contribution in [3.63, 3.8) is 0 Å².